The van der Waals surface area contributed by atoms with Crippen LogP contribution < -0.4 is 11.1 Å². The van der Waals surface area contributed by atoms with E-state index in [0.717, 1.165) is 10.7 Å². The Kier molecular flexibility index (Phi) is 4.16. The molecule has 1 heterocycles. The van der Waals surface area contributed by atoms with E-state index in [-0.39, 0.29) is 0 Å². The van der Waals surface area contributed by atoms with Crippen LogP contribution in [0.2, 0.25) is 5.02 Å². The monoisotopic (exact) mass is 297 g/mol. The van der Waals surface area contributed by atoms with Crippen molar-refractivity contribution in [2.45, 2.75) is 13.5 Å². The molecule has 3 N–H and O–H groups in total. The highest BCUT2D eigenvalue weighted by Crippen LogP contribution is 2.25. The minimum absolute atomic E-state index is 0.290. The van der Waals surface area contributed by atoms with Gasteiger partial charge in [-0.05, 0) is 19.1 Å². The molecule has 0 aliphatic heterocycles. The van der Waals surface area contributed by atoms with Gasteiger partial charge in [0.25, 0.3) is 0 Å². The Bertz CT molecular complexity index is 580. The van der Waals surface area contributed by atoms with Gasteiger partial charge < -0.3 is 11.1 Å². The van der Waals surface area contributed by atoms with E-state index in [4.69, 9.17) is 29.6 Å². The number of benzene rings is 1. The Labute approximate surface area is 120 Å². The molecule has 0 saturated heterocycles. The van der Waals surface area contributed by atoms with Crippen molar-refractivity contribution in [2.75, 3.05) is 5.32 Å². The Morgan fingerprint density at radius 1 is 1.56 bits per heavy atom. The number of hydrogen-bond acceptors (Lipinski definition) is 4. The number of anilines is 1. The summed E-state index contributed by atoms with van der Waals surface area (Å²) in [5.74, 6) is 0. The molecule has 1 aromatic carbocycles. The van der Waals surface area contributed by atoms with Crippen LogP contribution >= 0.6 is 35.2 Å². The van der Waals surface area contributed by atoms with Gasteiger partial charge in [0, 0.05) is 16.8 Å². The first-order valence-corrected chi connectivity index (χ1v) is 6.91. The van der Waals surface area contributed by atoms with Crippen molar-refractivity contribution in [1.82, 2.24) is 4.98 Å². The van der Waals surface area contributed by atoms with Crippen LogP contribution in [0.1, 0.15) is 15.4 Å². The lowest BCUT2D eigenvalue weighted by Crippen LogP contribution is -2.13. The molecule has 0 radical (unpaired) electrons. The van der Waals surface area contributed by atoms with Crippen LogP contribution in [0.5, 0.6) is 0 Å². The van der Waals surface area contributed by atoms with Gasteiger partial charge in [-0.15, -0.1) is 11.3 Å². The summed E-state index contributed by atoms with van der Waals surface area (Å²) >= 11 is 12.8. The van der Waals surface area contributed by atoms with E-state index in [2.05, 4.69) is 10.3 Å². The first kappa shape index (κ1) is 13.3. The molecule has 0 fully saturated rings. The number of nitrogens with one attached hydrogen (secondary N) is 1. The van der Waals surface area contributed by atoms with E-state index < -0.39 is 0 Å². The van der Waals surface area contributed by atoms with Gasteiger partial charge in [-0.1, -0.05) is 29.9 Å². The third-order valence-corrected chi connectivity index (χ3v) is 3.79. The highest BCUT2D eigenvalue weighted by Gasteiger charge is 2.09. The molecule has 3 nitrogen and oxygen atoms in total. The molecule has 0 amide bonds. The van der Waals surface area contributed by atoms with Crippen LogP contribution in [0.3, 0.4) is 0 Å². The van der Waals surface area contributed by atoms with E-state index >= 15 is 0 Å². The zero-order valence-corrected chi connectivity index (χ0v) is 12.1. The van der Waals surface area contributed by atoms with Gasteiger partial charge >= 0.3 is 0 Å². The second kappa shape index (κ2) is 5.65. The Hall–Kier alpha value is -1.17. The predicted molar refractivity (Wildman–Crippen MR) is 81.5 cm³/mol. The number of nitrogens with two attached hydrogens (primary N) is 1. The molecule has 94 valence electrons. The Morgan fingerprint density at radius 3 is 2.94 bits per heavy atom. The normalized spacial score (nSPS) is 10.3. The van der Waals surface area contributed by atoms with Crippen molar-refractivity contribution in [3.8, 4) is 0 Å². The summed E-state index contributed by atoms with van der Waals surface area (Å²) in [6.07, 6.45) is 1.86. The van der Waals surface area contributed by atoms with Gasteiger partial charge in [-0.25, -0.2) is 4.98 Å². The summed E-state index contributed by atoms with van der Waals surface area (Å²) in [5, 5.41) is 4.83. The zero-order chi connectivity index (χ0) is 13.1. The molecule has 2 rings (SSSR count). The highest BCUT2D eigenvalue weighted by molar-refractivity contribution is 7.80. The van der Waals surface area contributed by atoms with E-state index in [1.807, 2.05) is 25.3 Å². The molecule has 0 bridgehead atoms. The Morgan fingerprint density at radius 2 is 2.33 bits per heavy atom. The van der Waals surface area contributed by atoms with Crippen molar-refractivity contribution in [3.63, 3.8) is 0 Å². The van der Waals surface area contributed by atoms with Crippen LogP contribution in [0.25, 0.3) is 0 Å². The van der Waals surface area contributed by atoms with Crippen molar-refractivity contribution in [1.29, 1.82) is 0 Å². The number of thiocarbonyl (C=S) groups is 1. The van der Waals surface area contributed by atoms with Crippen LogP contribution in [0.15, 0.2) is 24.4 Å². The largest absolute Gasteiger partial charge is 0.389 e. The summed E-state index contributed by atoms with van der Waals surface area (Å²) in [5.41, 5.74) is 7.20. The van der Waals surface area contributed by atoms with Crippen molar-refractivity contribution in [2.24, 2.45) is 5.73 Å². The van der Waals surface area contributed by atoms with Crippen LogP contribution in [-0.4, -0.2) is 9.97 Å². The third-order valence-electron chi connectivity index (χ3n) is 2.36. The fraction of sp³-hybridized carbons (Fsp3) is 0.167. The molecule has 18 heavy (non-hydrogen) atoms. The maximum atomic E-state index is 6.09. The Balaban J connectivity index is 2.19. The molecule has 0 aliphatic rings. The quantitative estimate of drug-likeness (QED) is 0.850. The lowest BCUT2D eigenvalue weighted by Gasteiger charge is -2.11. The van der Waals surface area contributed by atoms with Crippen LogP contribution in [0, 0.1) is 6.92 Å². The molecule has 0 saturated carbocycles. The third kappa shape index (κ3) is 2.98. The molecule has 0 aliphatic carbocycles. The summed E-state index contributed by atoms with van der Waals surface area (Å²) in [4.78, 5) is 5.76. The SMILES string of the molecule is Cc1cnc(CNc2cccc(Cl)c2C(N)=S)s1. The maximum Gasteiger partial charge on any atom is 0.112 e. The number of halogens is 1. The molecular weight excluding hydrogens is 286 g/mol. The van der Waals surface area contributed by atoms with Gasteiger partial charge in [0.1, 0.15) is 10.00 Å². The van der Waals surface area contributed by atoms with E-state index in [0.29, 0.717) is 22.1 Å². The first-order valence-electron chi connectivity index (χ1n) is 5.31. The average molecular weight is 298 g/mol. The van der Waals surface area contributed by atoms with Gasteiger partial charge in [0.2, 0.25) is 0 Å². The van der Waals surface area contributed by atoms with Gasteiger partial charge in [-0.2, -0.15) is 0 Å². The van der Waals surface area contributed by atoms with Gasteiger partial charge in [0.15, 0.2) is 0 Å². The standard InChI is InChI=1S/C12H12ClN3S2/c1-7-5-16-10(18-7)6-15-9-4-2-3-8(13)11(9)12(14)17/h2-5,15H,6H2,1H3,(H2,14,17). The van der Waals surface area contributed by atoms with Crippen molar-refractivity contribution < 1.29 is 0 Å². The van der Waals surface area contributed by atoms with Crippen LogP contribution in [-0.2, 0) is 6.54 Å². The molecule has 6 heteroatoms. The summed E-state index contributed by atoms with van der Waals surface area (Å²) in [6.45, 7) is 2.66. The first-order chi connectivity index (χ1) is 8.58. The van der Waals surface area contributed by atoms with Gasteiger partial charge in [0.05, 0.1) is 17.1 Å². The number of rotatable bonds is 4. The topological polar surface area (TPSA) is 50.9 Å². The summed E-state index contributed by atoms with van der Waals surface area (Å²) < 4.78 is 0. The van der Waals surface area contributed by atoms with Crippen LogP contribution in [0.4, 0.5) is 5.69 Å². The highest BCUT2D eigenvalue weighted by atomic mass is 35.5. The van der Waals surface area contributed by atoms with Gasteiger partial charge in [-0.3, -0.25) is 0 Å². The van der Waals surface area contributed by atoms with Crippen molar-refractivity contribution >= 4 is 45.8 Å². The van der Waals surface area contributed by atoms with Crippen molar-refractivity contribution in [3.05, 3.63) is 44.9 Å². The molecule has 2 aromatic rings. The molecule has 1 aromatic heterocycles. The molecule has 0 spiro atoms. The fourth-order valence-electron chi connectivity index (χ4n) is 1.58. The average Bonchev–Trinajstić information content (AvgIpc) is 2.72. The lowest BCUT2D eigenvalue weighted by atomic mass is 10.1. The zero-order valence-electron chi connectivity index (χ0n) is 9.74. The summed E-state index contributed by atoms with van der Waals surface area (Å²) in [7, 11) is 0. The number of aryl methyl sites for hydroxylation is 1. The number of aromatic nitrogens is 1. The lowest BCUT2D eigenvalue weighted by molar-refractivity contribution is 1.10. The maximum absolute atomic E-state index is 6.09. The molecular formula is C12H12ClN3S2. The minimum Gasteiger partial charge on any atom is -0.389 e. The second-order valence-corrected chi connectivity index (χ2v) is 5.91. The summed E-state index contributed by atoms with van der Waals surface area (Å²) in [6, 6.07) is 5.54. The smallest absolute Gasteiger partial charge is 0.112 e. The van der Waals surface area contributed by atoms with E-state index in [1.54, 1.807) is 17.4 Å². The second-order valence-electron chi connectivity index (χ2n) is 3.74. The van der Waals surface area contributed by atoms with E-state index in [9.17, 15) is 0 Å². The minimum atomic E-state index is 0.290. The molecule has 0 atom stereocenters. The number of hydrogen-bond donors (Lipinski definition) is 2. The molecule has 0 unspecified atom stereocenters. The number of nitrogens with zero attached hydrogens (tertiary/aromatic N) is 1. The van der Waals surface area contributed by atoms with E-state index in [1.165, 1.54) is 4.88 Å². The fourth-order valence-corrected chi connectivity index (χ4v) is 2.85. The predicted octanol–water partition coefficient (Wildman–Crippen LogP) is 3.35. The number of thiazole rings is 1.